The molecule has 0 saturated carbocycles. The van der Waals surface area contributed by atoms with Crippen LogP contribution in [0.2, 0.25) is 0 Å². The molecule has 1 aromatic carbocycles. The van der Waals surface area contributed by atoms with E-state index in [1.807, 2.05) is 13.8 Å². The molecule has 0 aliphatic heterocycles. The molecule has 19 heavy (non-hydrogen) atoms. The standard InChI is InChI=1S/C14H15FN2O2/c1-8(2)13-12(7-17(3)16-13)10-5-4-9(15)6-11(10)14(18)19/h4-8H,1-3H3,(H,18,19). The Bertz CT molecular complexity index is 632. The van der Waals surface area contributed by atoms with Crippen LogP contribution in [0.4, 0.5) is 4.39 Å². The number of nitrogens with zero attached hydrogens (tertiary/aromatic N) is 2. The predicted octanol–water partition coefficient (Wildman–Crippen LogP) is 3.05. The van der Waals surface area contributed by atoms with Crippen LogP contribution in [0.25, 0.3) is 11.1 Å². The topological polar surface area (TPSA) is 55.1 Å². The van der Waals surface area contributed by atoms with Crippen molar-refractivity contribution >= 4 is 5.97 Å². The van der Waals surface area contributed by atoms with Gasteiger partial charge in [-0.05, 0) is 23.6 Å². The van der Waals surface area contributed by atoms with Gasteiger partial charge < -0.3 is 5.11 Å². The molecule has 1 N–H and O–H groups in total. The Balaban J connectivity index is 2.68. The van der Waals surface area contributed by atoms with Gasteiger partial charge in [0.1, 0.15) is 5.82 Å². The number of carbonyl (C=O) groups is 1. The fourth-order valence-electron chi connectivity index (χ4n) is 2.07. The summed E-state index contributed by atoms with van der Waals surface area (Å²) in [5, 5.41) is 13.5. The van der Waals surface area contributed by atoms with Crippen molar-refractivity contribution in [1.82, 2.24) is 9.78 Å². The Morgan fingerprint density at radius 1 is 1.37 bits per heavy atom. The lowest BCUT2D eigenvalue weighted by Gasteiger charge is -2.08. The number of halogens is 1. The van der Waals surface area contributed by atoms with Crippen LogP contribution >= 0.6 is 0 Å². The summed E-state index contributed by atoms with van der Waals surface area (Å²) in [6.07, 6.45) is 1.76. The van der Waals surface area contributed by atoms with Gasteiger partial charge in [0.05, 0.1) is 11.3 Å². The molecule has 0 fully saturated rings. The number of hydrogen-bond acceptors (Lipinski definition) is 2. The van der Waals surface area contributed by atoms with E-state index in [2.05, 4.69) is 5.10 Å². The average molecular weight is 262 g/mol. The highest BCUT2D eigenvalue weighted by Crippen LogP contribution is 2.31. The summed E-state index contributed by atoms with van der Waals surface area (Å²) >= 11 is 0. The van der Waals surface area contributed by atoms with Crippen molar-refractivity contribution in [2.45, 2.75) is 19.8 Å². The number of carboxylic acid groups (broad SMARTS) is 1. The first-order valence-electron chi connectivity index (χ1n) is 5.97. The fourth-order valence-corrected chi connectivity index (χ4v) is 2.07. The zero-order chi connectivity index (χ0) is 14.2. The van der Waals surface area contributed by atoms with Gasteiger partial charge in [-0.25, -0.2) is 9.18 Å². The SMILES string of the molecule is CC(C)c1nn(C)cc1-c1ccc(F)cc1C(=O)O. The van der Waals surface area contributed by atoms with Crippen LogP contribution in [-0.4, -0.2) is 20.9 Å². The molecule has 100 valence electrons. The van der Waals surface area contributed by atoms with Crippen LogP contribution in [0, 0.1) is 5.82 Å². The zero-order valence-corrected chi connectivity index (χ0v) is 11.0. The highest BCUT2D eigenvalue weighted by atomic mass is 19.1. The molecule has 0 radical (unpaired) electrons. The molecule has 2 rings (SSSR count). The van der Waals surface area contributed by atoms with Gasteiger partial charge in [-0.3, -0.25) is 4.68 Å². The van der Waals surface area contributed by atoms with Crippen molar-refractivity contribution in [3.63, 3.8) is 0 Å². The molecule has 0 saturated heterocycles. The Hall–Kier alpha value is -2.17. The molecule has 5 heteroatoms. The number of carboxylic acids is 1. The van der Waals surface area contributed by atoms with Crippen molar-refractivity contribution in [3.8, 4) is 11.1 Å². The van der Waals surface area contributed by atoms with Gasteiger partial charge in [-0.1, -0.05) is 19.9 Å². The molecule has 2 aromatic rings. The van der Waals surface area contributed by atoms with Gasteiger partial charge in [0.15, 0.2) is 0 Å². The van der Waals surface area contributed by atoms with Gasteiger partial charge >= 0.3 is 5.97 Å². The minimum atomic E-state index is -1.15. The minimum absolute atomic E-state index is 0.0464. The second-order valence-electron chi connectivity index (χ2n) is 4.75. The van der Waals surface area contributed by atoms with E-state index in [4.69, 9.17) is 0 Å². The predicted molar refractivity (Wildman–Crippen MR) is 69.7 cm³/mol. The number of rotatable bonds is 3. The molecular formula is C14H15FN2O2. The lowest BCUT2D eigenvalue weighted by atomic mass is 9.96. The van der Waals surface area contributed by atoms with Crippen molar-refractivity contribution < 1.29 is 14.3 Å². The van der Waals surface area contributed by atoms with Crippen LogP contribution < -0.4 is 0 Å². The lowest BCUT2D eigenvalue weighted by Crippen LogP contribution is -2.01. The molecule has 0 aliphatic carbocycles. The Morgan fingerprint density at radius 2 is 2.05 bits per heavy atom. The van der Waals surface area contributed by atoms with Crippen molar-refractivity contribution in [2.75, 3.05) is 0 Å². The van der Waals surface area contributed by atoms with Crippen LogP contribution in [0.5, 0.6) is 0 Å². The molecule has 0 bridgehead atoms. The summed E-state index contributed by atoms with van der Waals surface area (Å²) in [7, 11) is 1.78. The van der Waals surface area contributed by atoms with Gasteiger partial charge in [0.25, 0.3) is 0 Å². The minimum Gasteiger partial charge on any atom is -0.478 e. The third-order valence-electron chi connectivity index (χ3n) is 2.91. The summed E-state index contributed by atoms with van der Waals surface area (Å²) in [6.45, 7) is 3.96. The average Bonchev–Trinajstić information content (AvgIpc) is 2.71. The Morgan fingerprint density at radius 3 is 2.63 bits per heavy atom. The van der Waals surface area contributed by atoms with Crippen LogP contribution in [-0.2, 0) is 7.05 Å². The molecule has 1 heterocycles. The summed E-state index contributed by atoms with van der Waals surface area (Å²) in [5.41, 5.74) is 1.98. The van der Waals surface area contributed by atoms with E-state index in [-0.39, 0.29) is 11.5 Å². The van der Waals surface area contributed by atoms with Crippen LogP contribution in [0.1, 0.15) is 35.8 Å². The summed E-state index contributed by atoms with van der Waals surface area (Å²) < 4.78 is 14.8. The smallest absolute Gasteiger partial charge is 0.336 e. The van der Waals surface area contributed by atoms with E-state index in [0.29, 0.717) is 5.56 Å². The quantitative estimate of drug-likeness (QED) is 0.924. The van der Waals surface area contributed by atoms with Crippen molar-refractivity contribution in [1.29, 1.82) is 0 Å². The monoisotopic (exact) mass is 262 g/mol. The normalized spacial score (nSPS) is 11.0. The summed E-state index contributed by atoms with van der Waals surface area (Å²) in [5.74, 6) is -1.55. The van der Waals surface area contributed by atoms with Crippen molar-refractivity contribution in [3.05, 3.63) is 41.5 Å². The van der Waals surface area contributed by atoms with E-state index in [1.54, 1.807) is 17.9 Å². The highest BCUT2D eigenvalue weighted by Gasteiger charge is 2.19. The van der Waals surface area contributed by atoms with E-state index in [0.717, 1.165) is 17.3 Å². The third kappa shape index (κ3) is 2.50. The zero-order valence-electron chi connectivity index (χ0n) is 11.0. The molecule has 4 nitrogen and oxygen atoms in total. The Kier molecular flexibility index (Phi) is 3.38. The van der Waals surface area contributed by atoms with Gasteiger partial charge in [0.2, 0.25) is 0 Å². The van der Waals surface area contributed by atoms with E-state index < -0.39 is 11.8 Å². The number of aromatic nitrogens is 2. The second-order valence-corrected chi connectivity index (χ2v) is 4.75. The van der Waals surface area contributed by atoms with Gasteiger partial charge in [-0.2, -0.15) is 5.10 Å². The summed E-state index contributed by atoms with van der Waals surface area (Å²) in [6, 6.07) is 3.79. The largest absolute Gasteiger partial charge is 0.478 e. The second kappa shape index (κ2) is 4.84. The molecule has 0 atom stereocenters. The molecule has 0 aliphatic rings. The maximum Gasteiger partial charge on any atom is 0.336 e. The number of benzene rings is 1. The van der Waals surface area contributed by atoms with E-state index >= 15 is 0 Å². The first-order valence-corrected chi connectivity index (χ1v) is 5.97. The fraction of sp³-hybridized carbons (Fsp3) is 0.286. The summed E-state index contributed by atoms with van der Waals surface area (Å²) in [4.78, 5) is 11.2. The number of aromatic carboxylic acids is 1. The number of hydrogen-bond donors (Lipinski definition) is 1. The highest BCUT2D eigenvalue weighted by molar-refractivity contribution is 5.96. The molecule has 0 spiro atoms. The molecule has 1 aromatic heterocycles. The maximum absolute atomic E-state index is 13.2. The molecular weight excluding hydrogens is 247 g/mol. The first kappa shape index (κ1) is 13.3. The van der Waals surface area contributed by atoms with Gasteiger partial charge in [-0.15, -0.1) is 0 Å². The first-order chi connectivity index (χ1) is 8.90. The third-order valence-corrected chi connectivity index (χ3v) is 2.91. The van der Waals surface area contributed by atoms with E-state index in [1.165, 1.54) is 12.1 Å². The van der Waals surface area contributed by atoms with E-state index in [9.17, 15) is 14.3 Å². The lowest BCUT2D eigenvalue weighted by molar-refractivity contribution is 0.0697. The van der Waals surface area contributed by atoms with Crippen LogP contribution in [0.3, 0.4) is 0 Å². The maximum atomic E-state index is 13.2. The van der Waals surface area contributed by atoms with Crippen LogP contribution in [0.15, 0.2) is 24.4 Å². The number of aryl methyl sites for hydroxylation is 1. The molecule has 0 amide bonds. The van der Waals surface area contributed by atoms with Gasteiger partial charge in [0, 0.05) is 18.8 Å². The van der Waals surface area contributed by atoms with Crippen molar-refractivity contribution in [2.24, 2.45) is 7.05 Å². The molecule has 0 unspecified atom stereocenters. The Labute approximate surface area is 110 Å².